The highest BCUT2D eigenvalue weighted by Crippen LogP contribution is 2.24. The minimum Gasteiger partial charge on any atom is -0.352 e. The van der Waals surface area contributed by atoms with Crippen LogP contribution in [0.2, 0.25) is 0 Å². The summed E-state index contributed by atoms with van der Waals surface area (Å²) in [6.45, 7) is -0.681. The number of anilines is 1. The maximum atomic E-state index is 14.1. The predicted octanol–water partition coefficient (Wildman–Crippen LogP) is 5.19. The molecule has 2 amide bonds. The van der Waals surface area contributed by atoms with Gasteiger partial charge in [-0.2, -0.15) is 0 Å². The number of carbonyl (C=O) groups is 2. The molecule has 11 heteroatoms. The molecule has 3 aromatic rings. The van der Waals surface area contributed by atoms with E-state index in [2.05, 4.69) is 21.2 Å². The lowest BCUT2D eigenvalue weighted by Gasteiger charge is -2.34. The summed E-state index contributed by atoms with van der Waals surface area (Å²) in [5, 5.41) is 3.09. The van der Waals surface area contributed by atoms with Gasteiger partial charge in [-0.25, -0.2) is 17.2 Å². The number of carbonyl (C=O) groups excluding carboxylic acids is 2. The van der Waals surface area contributed by atoms with Crippen LogP contribution in [0.5, 0.6) is 0 Å². The molecule has 7 nitrogen and oxygen atoms in total. The molecule has 1 aliphatic carbocycles. The molecule has 0 unspecified atom stereocenters. The third-order valence-corrected chi connectivity index (χ3v) is 8.78. The molecule has 3 aromatic carbocycles. The molecule has 41 heavy (non-hydrogen) atoms. The Morgan fingerprint density at radius 1 is 0.951 bits per heavy atom. The standard InChI is InChI=1S/C30H32BrF2N3O4S/c1-41(39,40)36(25-15-16-26(32)27(33)18-25)20-29(37)35(19-22-11-13-23(31)14-12-22)28(17-21-7-3-2-4-8-21)30(38)34-24-9-5-6-10-24/h2-4,7-8,11-16,18,24,28H,5-6,9-10,17,19-20H2,1H3,(H,34,38)/t28-/m1/s1. The first kappa shape index (κ1) is 30.6. The van der Waals surface area contributed by atoms with Crippen molar-refractivity contribution in [2.24, 2.45) is 0 Å². The zero-order valence-electron chi connectivity index (χ0n) is 22.6. The summed E-state index contributed by atoms with van der Waals surface area (Å²) in [4.78, 5) is 29.2. The van der Waals surface area contributed by atoms with Gasteiger partial charge in [0.2, 0.25) is 21.8 Å². The van der Waals surface area contributed by atoms with Gasteiger partial charge in [0.1, 0.15) is 12.6 Å². The number of hydrogen-bond donors (Lipinski definition) is 1. The molecule has 0 saturated heterocycles. The molecule has 0 spiro atoms. The lowest BCUT2D eigenvalue weighted by molar-refractivity contribution is -0.140. The van der Waals surface area contributed by atoms with Crippen molar-refractivity contribution >= 4 is 43.5 Å². The molecule has 4 rings (SSSR count). The van der Waals surface area contributed by atoms with Crippen molar-refractivity contribution in [2.45, 2.75) is 50.7 Å². The van der Waals surface area contributed by atoms with Crippen molar-refractivity contribution in [3.8, 4) is 0 Å². The average molecular weight is 649 g/mol. The Morgan fingerprint density at radius 3 is 2.22 bits per heavy atom. The van der Waals surface area contributed by atoms with Gasteiger partial charge in [0, 0.05) is 29.5 Å². The van der Waals surface area contributed by atoms with Crippen LogP contribution in [0.3, 0.4) is 0 Å². The maximum Gasteiger partial charge on any atom is 0.244 e. The van der Waals surface area contributed by atoms with Crippen molar-refractivity contribution in [3.05, 3.63) is 100 Å². The van der Waals surface area contributed by atoms with E-state index in [0.29, 0.717) is 0 Å². The summed E-state index contributed by atoms with van der Waals surface area (Å²) in [6.07, 6.45) is 4.80. The summed E-state index contributed by atoms with van der Waals surface area (Å²) < 4.78 is 54.8. The van der Waals surface area contributed by atoms with E-state index in [-0.39, 0.29) is 30.6 Å². The Kier molecular flexibility index (Phi) is 10.1. The summed E-state index contributed by atoms with van der Waals surface area (Å²) in [5.74, 6) is -3.37. The van der Waals surface area contributed by atoms with Gasteiger partial charge in [0.15, 0.2) is 11.6 Å². The number of nitrogens with zero attached hydrogens (tertiary/aromatic N) is 2. The third kappa shape index (κ3) is 8.36. The first-order chi connectivity index (χ1) is 19.5. The molecule has 0 heterocycles. The Bertz CT molecular complexity index is 1470. The Labute approximate surface area is 247 Å². The number of sulfonamides is 1. The van der Waals surface area contributed by atoms with Crippen LogP contribution in [0.25, 0.3) is 0 Å². The minimum absolute atomic E-state index is 0.000106. The SMILES string of the molecule is CS(=O)(=O)N(CC(=O)N(Cc1ccc(Br)cc1)[C@H](Cc1ccccc1)C(=O)NC1CCCC1)c1ccc(F)c(F)c1. The predicted molar refractivity (Wildman–Crippen MR) is 158 cm³/mol. The normalized spacial score (nSPS) is 14.4. The Balaban J connectivity index is 1.72. The van der Waals surface area contributed by atoms with Crippen molar-refractivity contribution in [1.82, 2.24) is 10.2 Å². The van der Waals surface area contributed by atoms with Gasteiger partial charge in [-0.15, -0.1) is 0 Å². The van der Waals surface area contributed by atoms with E-state index in [0.717, 1.165) is 70.0 Å². The van der Waals surface area contributed by atoms with Gasteiger partial charge in [0.05, 0.1) is 11.9 Å². The van der Waals surface area contributed by atoms with E-state index in [4.69, 9.17) is 0 Å². The van der Waals surface area contributed by atoms with Gasteiger partial charge < -0.3 is 10.2 Å². The van der Waals surface area contributed by atoms with E-state index in [1.165, 1.54) is 4.90 Å². The minimum atomic E-state index is -4.09. The van der Waals surface area contributed by atoms with Crippen LogP contribution in [0, 0.1) is 11.6 Å². The van der Waals surface area contributed by atoms with Gasteiger partial charge in [-0.3, -0.25) is 13.9 Å². The highest BCUT2D eigenvalue weighted by molar-refractivity contribution is 9.10. The number of nitrogens with one attached hydrogen (secondary N) is 1. The molecule has 1 atom stereocenters. The van der Waals surface area contributed by atoms with Gasteiger partial charge in [-0.1, -0.05) is 71.2 Å². The second kappa shape index (κ2) is 13.6. The van der Waals surface area contributed by atoms with Crippen molar-refractivity contribution in [1.29, 1.82) is 0 Å². The molecular weight excluding hydrogens is 616 g/mol. The summed E-state index contributed by atoms with van der Waals surface area (Å²) >= 11 is 3.40. The summed E-state index contributed by atoms with van der Waals surface area (Å²) in [7, 11) is -4.09. The fourth-order valence-corrected chi connectivity index (χ4v) is 6.07. The van der Waals surface area contributed by atoms with E-state index in [1.54, 1.807) is 0 Å². The van der Waals surface area contributed by atoms with Crippen LogP contribution in [0.4, 0.5) is 14.5 Å². The molecule has 0 aliphatic heterocycles. The van der Waals surface area contributed by atoms with Gasteiger partial charge in [-0.05, 0) is 48.2 Å². The van der Waals surface area contributed by atoms with Crippen molar-refractivity contribution in [3.63, 3.8) is 0 Å². The maximum absolute atomic E-state index is 14.1. The molecule has 1 N–H and O–H groups in total. The number of benzene rings is 3. The number of rotatable bonds is 11. The first-order valence-electron chi connectivity index (χ1n) is 13.3. The fourth-order valence-electron chi connectivity index (χ4n) is 4.96. The smallest absolute Gasteiger partial charge is 0.244 e. The Hall–Kier alpha value is -3.31. The monoisotopic (exact) mass is 647 g/mol. The van der Waals surface area contributed by atoms with E-state index in [9.17, 15) is 26.8 Å². The zero-order chi connectivity index (χ0) is 29.6. The molecule has 0 bridgehead atoms. The quantitative estimate of drug-likeness (QED) is 0.310. The lowest BCUT2D eigenvalue weighted by atomic mass is 10.0. The van der Waals surface area contributed by atoms with Crippen LogP contribution in [-0.4, -0.2) is 50.0 Å². The third-order valence-electron chi connectivity index (χ3n) is 7.11. The Morgan fingerprint density at radius 2 is 1.61 bits per heavy atom. The van der Waals surface area contributed by atoms with Crippen LogP contribution >= 0.6 is 15.9 Å². The molecule has 1 saturated carbocycles. The molecule has 1 fully saturated rings. The lowest BCUT2D eigenvalue weighted by Crippen LogP contribution is -2.54. The fraction of sp³-hybridized carbons (Fsp3) is 0.333. The van der Waals surface area contributed by atoms with Crippen molar-refractivity contribution < 1.29 is 26.8 Å². The molecular formula is C30H32BrF2N3O4S. The number of amides is 2. The first-order valence-corrected chi connectivity index (χ1v) is 16.0. The second-order valence-corrected chi connectivity index (χ2v) is 13.0. The topological polar surface area (TPSA) is 86.8 Å². The molecule has 1 aliphatic rings. The highest BCUT2D eigenvalue weighted by atomic mass is 79.9. The summed E-state index contributed by atoms with van der Waals surface area (Å²) in [6, 6.07) is 18.2. The van der Waals surface area contributed by atoms with Crippen LogP contribution in [-0.2, 0) is 32.6 Å². The molecule has 218 valence electrons. The molecule has 0 aromatic heterocycles. The zero-order valence-corrected chi connectivity index (χ0v) is 25.0. The van der Waals surface area contributed by atoms with E-state index in [1.807, 2.05) is 54.6 Å². The summed E-state index contributed by atoms with van der Waals surface area (Å²) in [5.41, 5.74) is 1.36. The van der Waals surface area contributed by atoms with Crippen LogP contribution < -0.4 is 9.62 Å². The van der Waals surface area contributed by atoms with E-state index < -0.39 is 40.2 Å². The second-order valence-electron chi connectivity index (χ2n) is 10.2. The number of hydrogen-bond acceptors (Lipinski definition) is 4. The van der Waals surface area contributed by atoms with Gasteiger partial charge in [0.25, 0.3) is 0 Å². The van der Waals surface area contributed by atoms with Crippen LogP contribution in [0.15, 0.2) is 77.3 Å². The highest BCUT2D eigenvalue weighted by Gasteiger charge is 2.34. The molecule has 0 radical (unpaired) electrons. The van der Waals surface area contributed by atoms with Crippen molar-refractivity contribution in [2.75, 3.05) is 17.1 Å². The largest absolute Gasteiger partial charge is 0.352 e. The average Bonchev–Trinajstić information content (AvgIpc) is 3.45. The van der Waals surface area contributed by atoms with Gasteiger partial charge >= 0.3 is 0 Å². The number of halogens is 3. The van der Waals surface area contributed by atoms with E-state index >= 15 is 0 Å². The van der Waals surface area contributed by atoms with Crippen LogP contribution in [0.1, 0.15) is 36.8 Å².